The number of ether oxygens (including phenoxy) is 1. The van der Waals surface area contributed by atoms with Crippen LogP contribution in [0.4, 0.5) is 5.69 Å². The van der Waals surface area contributed by atoms with Crippen molar-refractivity contribution in [2.45, 2.75) is 11.8 Å². The molecule has 6 nitrogen and oxygen atoms in total. The van der Waals surface area contributed by atoms with E-state index in [0.29, 0.717) is 21.4 Å². The molecule has 0 spiro atoms. The maximum atomic E-state index is 12.5. The van der Waals surface area contributed by atoms with Gasteiger partial charge in [-0.2, -0.15) is 0 Å². The molecule has 1 N–H and O–H groups in total. The van der Waals surface area contributed by atoms with Crippen LogP contribution in [0.15, 0.2) is 41.3 Å². The lowest BCUT2D eigenvalue weighted by Gasteiger charge is -2.14. The Morgan fingerprint density at radius 1 is 1.12 bits per heavy atom. The fourth-order valence-electron chi connectivity index (χ4n) is 2.05. The molecule has 0 aliphatic carbocycles. The minimum Gasteiger partial charge on any atom is -0.483 e. The topological polar surface area (TPSA) is 75.7 Å². The van der Waals surface area contributed by atoms with Crippen LogP contribution in [0, 0.1) is 6.92 Å². The van der Waals surface area contributed by atoms with Crippen LogP contribution >= 0.6 is 23.2 Å². The molecule has 0 aromatic heterocycles. The van der Waals surface area contributed by atoms with Crippen LogP contribution in [0.25, 0.3) is 0 Å². The number of amides is 1. The molecule has 9 heteroatoms. The first-order valence-electron chi connectivity index (χ1n) is 7.51. The number of benzene rings is 2. The number of halogens is 2. The third-order valence-electron chi connectivity index (χ3n) is 3.42. The van der Waals surface area contributed by atoms with Crippen molar-refractivity contribution in [3.05, 3.63) is 52.0 Å². The van der Waals surface area contributed by atoms with Gasteiger partial charge in [0.25, 0.3) is 15.9 Å². The van der Waals surface area contributed by atoms with Gasteiger partial charge in [0.05, 0.1) is 10.6 Å². The summed E-state index contributed by atoms with van der Waals surface area (Å²) in [4.78, 5) is 13.0. The summed E-state index contributed by atoms with van der Waals surface area (Å²) in [6.07, 6.45) is 0. The molecule has 26 heavy (non-hydrogen) atoms. The van der Waals surface area contributed by atoms with Crippen molar-refractivity contribution in [1.29, 1.82) is 0 Å². The number of carbonyl (C=O) groups is 1. The second-order valence-electron chi connectivity index (χ2n) is 5.77. The predicted molar refractivity (Wildman–Crippen MR) is 103 cm³/mol. The van der Waals surface area contributed by atoms with Crippen molar-refractivity contribution in [1.82, 2.24) is 4.90 Å². The van der Waals surface area contributed by atoms with Crippen molar-refractivity contribution in [2.75, 3.05) is 25.4 Å². The predicted octanol–water partition coefficient (Wildman–Crippen LogP) is 3.57. The summed E-state index contributed by atoms with van der Waals surface area (Å²) in [6, 6.07) is 8.80. The number of anilines is 1. The summed E-state index contributed by atoms with van der Waals surface area (Å²) < 4.78 is 33.0. The zero-order valence-electron chi connectivity index (χ0n) is 14.4. The zero-order valence-corrected chi connectivity index (χ0v) is 16.7. The van der Waals surface area contributed by atoms with Crippen molar-refractivity contribution < 1.29 is 17.9 Å². The van der Waals surface area contributed by atoms with Crippen LogP contribution < -0.4 is 9.46 Å². The van der Waals surface area contributed by atoms with E-state index in [1.165, 1.54) is 41.3 Å². The Morgan fingerprint density at radius 3 is 2.27 bits per heavy atom. The zero-order chi connectivity index (χ0) is 19.5. The van der Waals surface area contributed by atoms with E-state index >= 15 is 0 Å². The Bertz CT molecular complexity index is 910. The van der Waals surface area contributed by atoms with Gasteiger partial charge in [0.15, 0.2) is 6.61 Å². The highest BCUT2D eigenvalue weighted by Gasteiger charge is 2.17. The van der Waals surface area contributed by atoms with E-state index in [1.54, 1.807) is 21.0 Å². The van der Waals surface area contributed by atoms with E-state index in [2.05, 4.69) is 4.72 Å². The molecular formula is C17H18Cl2N2O4S. The Labute approximate surface area is 162 Å². The molecule has 2 aromatic carbocycles. The number of aryl methyl sites for hydroxylation is 1. The van der Waals surface area contributed by atoms with Gasteiger partial charge in [-0.3, -0.25) is 9.52 Å². The second-order valence-corrected chi connectivity index (χ2v) is 8.32. The van der Waals surface area contributed by atoms with Gasteiger partial charge in [-0.15, -0.1) is 0 Å². The minimum atomic E-state index is -3.83. The molecule has 0 saturated heterocycles. The fourth-order valence-corrected chi connectivity index (χ4v) is 3.70. The van der Waals surface area contributed by atoms with Gasteiger partial charge in [0.1, 0.15) is 5.75 Å². The average Bonchev–Trinajstić information content (AvgIpc) is 2.51. The van der Waals surface area contributed by atoms with Gasteiger partial charge < -0.3 is 9.64 Å². The van der Waals surface area contributed by atoms with Gasteiger partial charge >= 0.3 is 0 Å². The largest absolute Gasteiger partial charge is 0.483 e. The van der Waals surface area contributed by atoms with Gasteiger partial charge in [0.2, 0.25) is 0 Å². The third-order valence-corrected chi connectivity index (χ3v) is 5.24. The van der Waals surface area contributed by atoms with E-state index in [9.17, 15) is 13.2 Å². The lowest BCUT2D eigenvalue weighted by molar-refractivity contribution is -0.130. The first-order chi connectivity index (χ1) is 12.1. The van der Waals surface area contributed by atoms with Crippen LogP contribution in [0.1, 0.15) is 5.56 Å². The Morgan fingerprint density at radius 2 is 1.73 bits per heavy atom. The normalized spacial score (nSPS) is 11.1. The average molecular weight is 417 g/mol. The van der Waals surface area contributed by atoms with E-state index < -0.39 is 10.0 Å². The van der Waals surface area contributed by atoms with Gasteiger partial charge in [-0.1, -0.05) is 23.2 Å². The fraction of sp³-hybridized carbons (Fsp3) is 0.235. The van der Waals surface area contributed by atoms with Crippen molar-refractivity contribution in [3.8, 4) is 5.75 Å². The molecule has 0 atom stereocenters. The standard InChI is InChI=1S/C17H18Cl2N2O4S/c1-11-6-15(4-5-16(11)25-10-17(22)21(2)3)26(23,24)20-14-8-12(18)7-13(19)9-14/h4-9,20H,10H2,1-3H3. The van der Waals surface area contributed by atoms with Crippen LogP contribution in [0.2, 0.25) is 10.0 Å². The first-order valence-corrected chi connectivity index (χ1v) is 9.75. The molecule has 2 aromatic rings. The van der Waals surface area contributed by atoms with E-state index in [4.69, 9.17) is 27.9 Å². The summed E-state index contributed by atoms with van der Waals surface area (Å²) in [5.74, 6) is 0.241. The molecule has 0 aliphatic rings. The van der Waals surface area contributed by atoms with Crippen molar-refractivity contribution in [3.63, 3.8) is 0 Å². The molecule has 0 unspecified atom stereocenters. The maximum Gasteiger partial charge on any atom is 0.261 e. The molecule has 1 amide bonds. The molecule has 0 saturated carbocycles. The van der Waals surface area contributed by atoms with Gasteiger partial charge in [-0.25, -0.2) is 8.42 Å². The lowest BCUT2D eigenvalue weighted by Crippen LogP contribution is -2.27. The summed E-state index contributed by atoms with van der Waals surface area (Å²) in [5, 5.41) is 0.640. The molecule has 2 rings (SSSR count). The molecule has 0 fully saturated rings. The molecule has 0 bridgehead atoms. The third kappa shape index (κ3) is 5.27. The number of hydrogen-bond acceptors (Lipinski definition) is 4. The van der Waals surface area contributed by atoms with E-state index in [-0.39, 0.29) is 23.1 Å². The Balaban J connectivity index is 2.19. The SMILES string of the molecule is Cc1cc(S(=O)(=O)Nc2cc(Cl)cc(Cl)c2)ccc1OCC(=O)N(C)C. The summed E-state index contributed by atoms with van der Waals surface area (Å²) in [6.45, 7) is 1.57. The molecule has 0 radical (unpaired) electrons. The second kappa shape index (κ2) is 8.16. The number of carbonyl (C=O) groups excluding carboxylic acids is 1. The summed E-state index contributed by atoms with van der Waals surface area (Å²) in [5.41, 5.74) is 0.848. The quantitative estimate of drug-likeness (QED) is 0.780. The monoisotopic (exact) mass is 416 g/mol. The Kier molecular flexibility index (Phi) is 6.39. The Hall–Kier alpha value is -1.96. The highest BCUT2D eigenvalue weighted by Crippen LogP contribution is 2.26. The smallest absolute Gasteiger partial charge is 0.261 e. The van der Waals surface area contributed by atoms with Crippen LogP contribution in [0.5, 0.6) is 5.75 Å². The molecular weight excluding hydrogens is 399 g/mol. The van der Waals surface area contributed by atoms with Crippen LogP contribution in [-0.4, -0.2) is 39.9 Å². The lowest BCUT2D eigenvalue weighted by atomic mass is 10.2. The van der Waals surface area contributed by atoms with Crippen LogP contribution in [0.3, 0.4) is 0 Å². The summed E-state index contributed by atoms with van der Waals surface area (Å²) in [7, 11) is -0.575. The first kappa shape index (κ1) is 20.4. The van der Waals surface area contributed by atoms with Crippen molar-refractivity contribution in [2.24, 2.45) is 0 Å². The number of likely N-dealkylation sites (N-methyl/N-ethyl adjacent to an activating group) is 1. The highest BCUT2D eigenvalue weighted by atomic mass is 35.5. The highest BCUT2D eigenvalue weighted by molar-refractivity contribution is 7.92. The van der Waals surface area contributed by atoms with Crippen molar-refractivity contribution >= 4 is 44.8 Å². The number of sulfonamides is 1. The maximum absolute atomic E-state index is 12.5. The molecule has 140 valence electrons. The van der Waals surface area contributed by atoms with Gasteiger partial charge in [-0.05, 0) is 48.9 Å². The summed E-state index contributed by atoms with van der Waals surface area (Å²) >= 11 is 11.8. The molecule has 0 heterocycles. The number of nitrogens with zero attached hydrogens (tertiary/aromatic N) is 1. The van der Waals surface area contributed by atoms with E-state index in [1.807, 2.05) is 0 Å². The molecule has 0 aliphatic heterocycles. The number of hydrogen-bond donors (Lipinski definition) is 1. The van der Waals surface area contributed by atoms with E-state index in [0.717, 1.165) is 0 Å². The number of nitrogens with one attached hydrogen (secondary N) is 1. The number of rotatable bonds is 6. The van der Waals surface area contributed by atoms with Crippen LogP contribution in [-0.2, 0) is 14.8 Å². The van der Waals surface area contributed by atoms with Gasteiger partial charge in [0, 0.05) is 24.1 Å². The minimum absolute atomic E-state index is 0.0531.